The Morgan fingerprint density at radius 2 is 1.70 bits per heavy atom. The van der Waals surface area contributed by atoms with Crippen LogP contribution < -0.4 is 0 Å². The molecule has 2 rings (SSSR count). The Balaban J connectivity index is 2.21. The molecule has 0 aromatic heterocycles. The number of esters is 3. The van der Waals surface area contributed by atoms with Gasteiger partial charge in [-0.05, 0) is 12.8 Å². The molecule has 0 aliphatic carbocycles. The molecule has 0 saturated carbocycles. The molecule has 0 radical (unpaired) electrons. The Kier molecular flexibility index (Phi) is 8.09. The summed E-state index contributed by atoms with van der Waals surface area (Å²) in [7, 11) is 0. The van der Waals surface area contributed by atoms with Gasteiger partial charge in [0.15, 0.2) is 12.2 Å². The molecule has 0 aromatic rings. The van der Waals surface area contributed by atoms with Crippen LogP contribution in [0.2, 0.25) is 0 Å². The minimum atomic E-state index is -0.897. The van der Waals surface area contributed by atoms with E-state index in [1.54, 1.807) is 0 Å². The summed E-state index contributed by atoms with van der Waals surface area (Å²) in [6.07, 6.45) is 1.64. The average Bonchev–Trinajstić information content (AvgIpc) is 2.97. The SMILES string of the molecule is CCCCCC1=N[C@@H]2[C@@H](OC(C)=O)[C@H](OC(C)=O)[C@@H](COC(C)=O)O[C@@H]2S1. The molecular formula is C18H27NO7S. The fourth-order valence-corrected chi connectivity index (χ4v) is 4.37. The molecule has 1 fully saturated rings. The van der Waals surface area contributed by atoms with Gasteiger partial charge < -0.3 is 18.9 Å². The molecule has 0 amide bonds. The van der Waals surface area contributed by atoms with Crippen LogP contribution in [0.3, 0.4) is 0 Å². The second-order valence-electron chi connectivity index (χ2n) is 6.58. The lowest BCUT2D eigenvalue weighted by Crippen LogP contribution is -2.59. The minimum Gasteiger partial charge on any atom is -0.463 e. The number of fused-ring (bicyclic) bond motifs is 1. The molecule has 2 aliphatic heterocycles. The van der Waals surface area contributed by atoms with E-state index in [1.165, 1.54) is 32.5 Å². The van der Waals surface area contributed by atoms with Gasteiger partial charge in [0.1, 0.15) is 24.2 Å². The van der Waals surface area contributed by atoms with Gasteiger partial charge in [0, 0.05) is 20.8 Å². The number of hydrogen-bond donors (Lipinski definition) is 0. The number of ether oxygens (including phenoxy) is 4. The number of carbonyl (C=O) groups excluding carboxylic acids is 3. The number of nitrogens with zero attached hydrogens (tertiary/aromatic N) is 1. The summed E-state index contributed by atoms with van der Waals surface area (Å²) < 4.78 is 21.9. The van der Waals surface area contributed by atoms with E-state index in [9.17, 15) is 14.4 Å². The maximum atomic E-state index is 11.7. The van der Waals surface area contributed by atoms with E-state index in [0.717, 1.165) is 30.7 Å². The highest BCUT2D eigenvalue weighted by Gasteiger charge is 2.52. The lowest BCUT2D eigenvalue weighted by atomic mass is 9.97. The molecule has 0 N–H and O–H groups in total. The van der Waals surface area contributed by atoms with Crippen molar-refractivity contribution in [3.8, 4) is 0 Å². The third-order valence-electron chi connectivity index (χ3n) is 4.21. The highest BCUT2D eigenvalue weighted by Crippen LogP contribution is 2.40. The molecule has 0 aromatic carbocycles. The van der Waals surface area contributed by atoms with Crippen molar-refractivity contribution in [2.24, 2.45) is 4.99 Å². The van der Waals surface area contributed by atoms with Crippen LogP contribution in [0, 0.1) is 0 Å². The Bertz CT molecular complexity index is 594. The molecule has 27 heavy (non-hydrogen) atoms. The zero-order valence-corrected chi connectivity index (χ0v) is 17.0. The van der Waals surface area contributed by atoms with Gasteiger partial charge in [-0.25, -0.2) is 0 Å². The van der Waals surface area contributed by atoms with Gasteiger partial charge in [-0.2, -0.15) is 0 Å². The Morgan fingerprint density at radius 1 is 1.04 bits per heavy atom. The molecule has 1 saturated heterocycles. The van der Waals surface area contributed by atoms with Crippen LogP contribution in [-0.4, -0.2) is 59.3 Å². The predicted octanol–water partition coefficient (Wildman–Crippen LogP) is 2.23. The number of aliphatic imine (C=N–C) groups is 1. The van der Waals surface area contributed by atoms with Gasteiger partial charge in [0.25, 0.3) is 0 Å². The summed E-state index contributed by atoms with van der Waals surface area (Å²) in [5.74, 6) is -1.50. The van der Waals surface area contributed by atoms with Crippen molar-refractivity contribution >= 4 is 34.7 Å². The molecule has 0 bridgehead atoms. The van der Waals surface area contributed by atoms with E-state index in [-0.39, 0.29) is 12.0 Å². The van der Waals surface area contributed by atoms with Crippen LogP contribution in [0.25, 0.3) is 0 Å². The Hall–Kier alpha value is -1.61. The topological polar surface area (TPSA) is 100 Å². The fraction of sp³-hybridized carbons (Fsp3) is 0.778. The molecular weight excluding hydrogens is 374 g/mol. The summed E-state index contributed by atoms with van der Waals surface area (Å²) in [4.78, 5) is 39.1. The first kappa shape index (κ1) is 21.7. The van der Waals surface area contributed by atoms with Crippen molar-refractivity contribution in [2.45, 2.75) is 83.2 Å². The van der Waals surface area contributed by atoms with Crippen molar-refractivity contribution in [3.05, 3.63) is 0 Å². The van der Waals surface area contributed by atoms with Crippen molar-refractivity contribution in [1.82, 2.24) is 0 Å². The van der Waals surface area contributed by atoms with Gasteiger partial charge in [0.05, 0.1) is 5.04 Å². The lowest BCUT2D eigenvalue weighted by molar-refractivity contribution is -0.208. The maximum Gasteiger partial charge on any atom is 0.303 e. The van der Waals surface area contributed by atoms with Crippen LogP contribution >= 0.6 is 11.8 Å². The van der Waals surface area contributed by atoms with Gasteiger partial charge in [-0.1, -0.05) is 31.5 Å². The first-order chi connectivity index (χ1) is 12.8. The van der Waals surface area contributed by atoms with Crippen molar-refractivity contribution < 1.29 is 33.3 Å². The molecule has 2 heterocycles. The highest BCUT2D eigenvalue weighted by atomic mass is 32.2. The third kappa shape index (κ3) is 6.21. The van der Waals surface area contributed by atoms with E-state index in [2.05, 4.69) is 11.9 Å². The zero-order valence-electron chi connectivity index (χ0n) is 16.1. The molecule has 0 unspecified atom stereocenters. The monoisotopic (exact) mass is 401 g/mol. The number of hydrogen-bond acceptors (Lipinski definition) is 9. The number of carbonyl (C=O) groups is 3. The average molecular weight is 401 g/mol. The molecule has 9 heteroatoms. The Morgan fingerprint density at radius 3 is 2.30 bits per heavy atom. The molecule has 8 nitrogen and oxygen atoms in total. The van der Waals surface area contributed by atoms with E-state index in [4.69, 9.17) is 18.9 Å². The Labute approximate surface area is 163 Å². The lowest BCUT2D eigenvalue weighted by Gasteiger charge is -2.41. The normalized spacial score (nSPS) is 29.5. The van der Waals surface area contributed by atoms with E-state index in [1.807, 2.05) is 0 Å². The van der Waals surface area contributed by atoms with Crippen LogP contribution in [-0.2, 0) is 33.3 Å². The van der Waals surface area contributed by atoms with Gasteiger partial charge in [-0.3, -0.25) is 19.4 Å². The zero-order chi connectivity index (χ0) is 20.0. The van der Waals surface area contributed by atoms with Crippen molar-refractivity contribution in [1.29, 1.82) is 0 Å². The number of unbranched alkanes of at least 4 members (excludes halogenated alkanes) is 2. The van der Waals surface area contributed by atoms with Crippen molar-refractivity contribution in [2.75, 3.05) is 6.61 Å². The van der Waals surface area contributed by atoms with Crippen molar-refractivity contribution in [3.63, 3.8) is 0 Å². The predicted molar refractivity (Wildman–Crippen MR) is 99.4 cm³/mol. The first-order valence-corrected chi connectivity index (χ1v) is 10.1. The van der Waals surface area contributed by atoms with Crippen LogP contribution in [0.15, 0.2) is 4.99 Å². The largest absolute Gasteiger partial charge is 0.463 e. The van der Waals surface area contributed by atoms with E-state index < -0.39 is 42.3 Å². The maximum absolute atomic E-state index is 11.7. The van der Waals surface area contributed by atoms with E-state index >= 15 is 0 Å². The highest BCUT2D eigenvalue weighted by molar-refractivity contribution is 8.14. The smallest absolute Gasteiger partial charge is 0.303 e. The number of rotatable bonds is 8. The summed E-state index contributed by atoms with van der Waals surface area (Å²) in [6.45, 7) is 5.88. The summed E-state index contributed by atoms with van der Waals surface area (Å²) >= 11 is 1.49. The molecule has 0 spiro atoms. The van der Waals surface area contributed by atoms with Crippen LogP contribution in [0.5, 0.6) is 0 Å². The quantitative estimate of drug-likeness (QED) is 0.347. The third-order valence-corrected chi connectivity index (χ3v) is 5.41. The number of thioether (sulfide) groups is 1. The van der Waals surface area contributed by atoms with Gasteiger partial charge >= 0.3 is 17.9 Å². The second kappa shape index (κ2) is 10.1. The summed E-state index contributed by atoms with van der Waals surface area (Å²) in [5, 5.41) is 0.935. The van der Waals surface area contributed by atoms with E-state index in [0.29, 0.717) is 0 Å². The van der Waals surface area contributed by atoms with Gasteiger partial charge in [-0.15, -0.1) is 0 Å². The summed E-state index contributed by atoms with van der Waals surface area (Å²) in [5.41, 5.74) is -0.377. The standard InChI is InChI=1S/C18H27NO7S/c1-5-6-7-8-14-19-15-17(25-12(4)22)16(24-11(3)21)13(9-23-10(2)20)26-18(15)27-14/h13,15-18H,5-9H2,1-4H3/t13-,15-,16-,17-,18-/m1/s1. The fourth-order valence-electron chi connectivity index (χ4n) is 3.10. The molecule has 5 atom stereocenters. The van der Waals surface area contributed by atoms with Crippen LogP contribution in [0.1, 0.15) is 53.4 Å². The minimum absolute atomic E-state index is 0.0972. The molecule has 2 aliphatic rings. The first-order valence-electron chi connectivity index (χ1n) is 9.18. The van der Waals surface area contributed by atoms with Gasteiger partial charge in [0.2, 0.25) is 0 Å². The summed E-state index contributed by atoms with van der Waals surface area (Å²) in [6, 6.07) is -0.464. The second-order valence-corrected chi connectivity index (χ2v) is 7.75. The molecule has 152 valence electrons. The van der Waals surface area contributed by atoms with Crippen LogP contribution in [0.4, 0.5) is 0 Å².